The van der Waals surface area contributed by atoms with Crippen LogP contribution in [0.25, 0.3) is 21.9 Å². The third-order valence-corrected chi connectivity index (χ3v) is 5.44. The molecule has 3 heterocycles. The van der Waals surface area contributed by atoms with E-state index in [0.717, 1.165) is 46.4 Å². The van der Waals surface area contributed by atoms with Gasteiger partial charge in [0.1, 0.15) is 6.26 Å². The van der Waals surface area contributed by atoms with Gasteiger partial charge >= 0.3 is 0 Å². The smallest absolute Gasteiger partial charge is 0.256 e. The number of aromatic nitrogens is 3. The Morgan fingerprint density at radius 2 is 1.97 bits per heavy atom. The van der Waals surface area contributed by atoms with Gasteiger partial charge in [-0.05, 0) is 47.9 Å². The van der Waals surface area contributed by atoms with Gasteiger partial charge in [0.05, 0.1) is 19.4 Å². The van der Waals surface area contributed by atoms with E-state index in [2.05, 4.69) is 43.8 Å². The molecule has 0 radical (unpaired) electrons. The van der Waals surface area contributed by atoms with E-state index in [1.165, 1.54) is 6.26 Å². The zero-order chi connectivity index (χ0) is 21.2. The quantitative estimate of drug-likeness (QED) is 0.543. The van der Waals surface area contributed by atoms with E-state index >= 15 is 0 Å². The molecule has 1 saturated heterocycles. The highest BCUT2D eigenvalue weighted by Gasteiger charge is 2.17. The van der Waals surface area contributed by atoms with Gasteiger partial charge in [-0.2, -0.15) is 5.10 Å². The summed E-state index contributed by atoms with van der Waals surface area (Å²) in [5, 5.41) is 17.1. The van der Waals surface area contributed by atoms with E-state index in [1.54, 1.807) is 18.3 Å². The Hall–Kier alpha value is -3.78. The summed E-state index contributed by atoms with van der Waals surface area (Å²) < 4.78 is 10.2. The maximum Gasteiger partial charge on any atom is 0.256 e. The zero-order valence-electron chi connectivity index (χ0n) is 17.0. The molecule has 0 unspecified atom stereocenters. The van der Waals surface area contributed by atoms with Crippen LogP contribution in [0.15, 0.2) is 59.4 Å². The fourth-order valence-corrected chi connectivity index (χ4v) is 3.79. The molecule has 1 fully saturated rings. The van der Waals surface area contributed by atoms with Crippen molar-refractivity contribution in [3.8, 4) is 11.1 Å². The molecule has 8 nitrogen and oxygen atoms in total. The molecule has 0 saturated carbocycles. The number of fused-ring (bicyclic) bond motifs is 1. The summed E-state index contributed by atoms with van der Waals surface area (Å²) in [6.07, 6.45) is 3.19. The minimum atomic E-state index is -0.239. The van der Waals surface area contributed by atoms with Gasteiger partial charge in [0.2, 0.25) is 0 Å². The lowest BCUT2D eigenvalue weighted by molar-refractivity contribution is 0.102. The lowest BCUT2D eigenvalue weighted by Gasteiger charge is -2.28. The molecule has 5 rings (SSSR count). The molecule has 0 bridgehead atoms. The second-order valence-electron chi connectivity index (χ2n) is 7.44. The van der Waals surface area contributed by atoms with Crippen LogP contribution in [0.1, 0.15) is 15.9 Å². The normalized spacial score (nSPS) is 14.0. The Balaban J connectivity index is 1.49. The molecule has 156 valence electrons. The number of ether oxygens (including phenoxy) is 1. The monoisotopic (exact) mass is 415 g/mol. The van der Waals surface area contributed by atoms with Crippen LogP contribution in [-0.4, -0.2) is 47.6 Å². The van der Waals surface area contributed by atoms with E-state index < -0.39 is 0 Å². The summed E-state index contributed by atoms with van der Waals surface area (Å²) in [5.74, 6) is 1.02. The number of amides is 1. The van der Waals surface area contributed by atoms with Crippen LogP contribution in [-0.2, 0) is 4.74 Å². The number of hydrogen-bond donors (Lipinski definition) is 1. The maximum absolute atomic E-state index is 12.6. The number of carbonyl (C=O) groups excluding carboxylic acids is 1. The van der Waals surface area contributed by atoms with Crippen LogP contribution < -0.4 is 10.2 Å². The lowest BCUT2D eigenvalue weighted by Crippen LogP contribution is -2.37. The van der Waals surface area contributed by atoms with E-state index in [4.69, 9.17) is 9.26 Å². The van der Waals surface area contributed by atoms with E-state index in [9.17, 15) is 4.79 Å². The largest absolute Gasteiger partial charge is 0.378 e. The van der Waals surface area contributed by atoms with Crippen molar-refractivity contribution in [3.63, 3.8) is 0 Å². The maximum atomic E-state index is 12.6. The predicted molar refractivity (Wildman–Crippen MR) is 117 cm³/mol. The molecule has 2 aromatic carbocycles. The second kappa shape index (κ2) is 8.16. The number of aryl methyl sites for hydroxylation is 1. The van der Waals surface area contributed by atoms with E-state index in [1.807, 2.05) is 19.1 Å². The fourth-order valence-electron chi connectivity index (χ4n) is 3.79. The van der Waals surface area contributed by atoms with Crippen LogP contribution >= 0.6 is 0 Å². The van der Waals surface area contributed by atoms with Crippen LogP contribution in [0, 0.1) is 6.92 Å². The molecule has 1 amide bonds. The SMILES string of the molecule is Cc1ccc(C(=O)Nc2ccon2)cc1-c1ccc2c(N3CCOCC3)nncc2c1. The number of rotatable bonds is 4. The lowest BCUT2D eigenvalue weighted by atomic mass is 9.96. The van der Waals surface area contributed by atoms with Crippen molar-refractivity contribution in [1.82, 2.24) is 15.4 Å². The van der Waals surface area contributed by atoms with Crippen LogP contribution in [0.3, 0.4) is 0 Å². The number of anilines is 2. The average molecular weight is 415 g/mol. The Morgan fingerprint density at radius 3 is 2.77 bits per heavy atom. The molecule has 2 aromatic heterocycles. The summed E-state index contributed by atoms with van der Waals surface area (Å²) in [6, 6.07) is 13.5. The number of hydrogen-bond acceptors (Lipinski definition) is 7. The molecular formula is C23H21N5O3. The molecule has 4 aromatic rings. The van der Waals surface area contributed by atoms with Gasteiger partial charge in [-0.3, -0.25) is 4.79 Å². The van der Waals surface area contributed by atoms with Crippen LogP contribution in [0.2, 0.25) is 0 Å². The van der Waals surface area contributed by atoms with Gasteiger partial charge in [-0.1, -0.05) is 17.3 Å². The van der Waals surface area contributed by atoms with Crippen molar-refractivity contribution in [2.75, 3.05) is 36.5 Å². The van der Waals surface area contributed by atoms with Crippen molar-refractivity contribution >= 4 is 28.3 Å². The van der Waals surface area contributed by atoms with Crippen molar-refractivity contribution in [2.45, 2.75) is 6.92 Å². The first-order chi connectivity index (χ1) is 15.2. The van der Waals surface area contributed by atoms with Crippen LogP contribution in [0.4, 0.5) is 11.6 Å². The summed E-state index contributed by atoms with van der Waals surface area (Å²) in [7, 11) is 0. The fraction of sp³-hybridized carbons (Fsp3) is 0.217. The molecule has 1 aliphatic rings. The van der Waals surface area contributed by atoms with Crippen molar-refractivity contribution in [1.29, 1.82) is 0 Å². The Kier molecular flexibility index (Phi) is 5.05. The average Bonchev–Trinajstić information content (AvgIpc) is 3.32. The summed E-state index contributed by atoms with van der Waals surface area (Å²) >= 11 is 0. The summed E-state index contributed by atoms with van der Waals surface area (Å²) in [6.45, 7) is 5.02. The van der Waals surface area contributed by atoms with Gasteiger partial charge in [-0.15, -0.1) is 5.10 Å². The number of carbonyl (C=O) groups is 1. The second-order valence-corrected chi connectivity index (χ2v) is 7.44. The van der Waals surface area contributed by atoms with Crippen molar-refractivity contribution < 1.29 is 14.1 Å². The van der Waals surface area contributed by atoms with Gasteiger partial charge in [0.25, 0.3) is 5.91 Å². The van der Waals surface area contributed by atoms with Crippen molar-refractivity contribution in [3.05, 3.63) is 66.1 Å². The third-order valence-electron chi connectivity index (χ3n) is 5.44. The van der Waals surface area contributed by atoms with Gasteiger partial charge in [0, 0.05) is 35.5 Å². The van der Waals surface area contributed by atoms with E-state index in [-0.39, 0.29) is 5.91 Å². The first-order valence-electron chi connectivity index (χ1n) is 10.1. The van der Waals surface area contributed by atoms with Crippen LogP contribution in [0.5, 0.6) is 0 Å². The molecule has 1 N–H and O–H groups in total. The first-order valence-corrected chi connectivity index (χ1v) is 10.1. The third kappa shape index (κ3) is 3.85. The highest BCUT2D eigenvalue weighted by molar-refractivity contribution is 6.05. The standard InChI is InChI=1S/C23H21N5O3/c1-15-2-3-17(23(29)25-21-6-9-31-27-21)13-20(15)16-4-5-19-18(12-16)14-24-26-22(19)28-7-10-30-11-8-28/h2-6,9,12-14H,7-8,10-11H2,1H3,(H,25,27,29). The summed E-state index contributed by atoms with van der Waals surface area (Å²) in [4.78, 5) is 14.8. The van der Waals surface area contributed by atoms with Gasteiger partial charge in [0.15, 0.2) is 11.6 Å². The molecule has 1 aliphatic heterocycles. The molecule has 31 heavy (non-hydrogen) atoms. The Morgan fingerprint density at radius 1 is 1.10 bits per heavy atom. The summed E-state index contributed by atoms with van der Waals surface area (Å²) in [5.41, 5.74) is 3.62. The highest BCUT2D eigenvalue weighted by Crippen LogP contribution is 2.31. The molecule has 8 heteroatoms. The van der Waals surface area contributed by atoms with E-state index in [0.29, 0.717) is 24.6 Å². The Bertz CT molecular complexity index is 1230. The first kappa shape index (κ1) is 19.2. The molecular weight excluding hydrogens is 394 g/mol. The van der Waals surface area contributed by atoms with Crippen molar-refractivity contribution in [2.24, 2.45) is 0 Å². The zero-order valence-corrected chi connectivity index (χ0v) is 17.0. The topological polar surface area (TPSA) is 93.4 Å². The number of nitrogens with zero attached hydrogens (tertiary/aromatic N) is 4. The highest BCUT2D eigenvalue weighted by atomic mass is 16.5. The molecule has 0 atom stereocenters. The molecule has 0 spiro atoms. The number of benzene rings is 2. The minimum absolute atomic E-state index is 0.239. The number of nitrogens with one attached hydrogen (secondary N) is 1. The van der Waals surface area contributed by atoms with Gasteiger partial charge < -0.3 is 19.5 Å². The Labute approximate surface area is 178 Å². The predicted octanol–water partition coefficient (Wildman–Crippen LogP) is 3.68. The van der Waals surface area contributed by atoms with Gasteiger partial charge in [-0.25, -0.2) is 0 Å². The minimum Gasteiger partial charge on any atom is -0.378 e. The number of morpholine rings is 1. The molecule has 0 aliphatic carbocycles.